The van der Waals surface area contributed by atoms with Crippen molar-refractivity contribution in [2.24, 2.45) is 0 Å². The summed E-state index contributed by atoms with van der Waals surface area (Å²) in [6.07, 6.45) is 0.609. The fraction of sp³-hybridized carbons (Fsp3) is 0.125. The molecule has 0 unspecified atom stereocenters. The summed E-state index contributed by atoms with van der Waals surface area (Å²) in [5, 5.41) is 13.7. The third-order valence-electron chi connectivity index (χ3n) is 3.09. The molecule has 0 saturated heterocycles. The van der Waals surface area contributed by atoms with Gasteiger partial charge >= 0.3 is 0 Å². The number of benzene rings is 2. The zero-order chi connectivity index (χ0) is 13.9. The zero-order valence-corrected chi connectivity index (χ0v) is 11.1. The standard InChI is InChI=1S/C16H14N2O2/c1-11-6-8-12(9-7-11)10-15-17-16(20-18-15)13-4-2-3-5-14(13)19/h2-9,19H,10H2,1H3. The maximum absolute atomic E-state index is 9.77. The fourth-order valence-electron chi connectivity index (χ4n) is 1.98. The van der Waals surface area contributed by atoms with E-state index in [1.807, 2.05) is 18.2 Å². The van der Waals surface area contributed by atoms with Crippen molar-refractivity contribution in [2.45, 2.75) is 13.3 Å². The number of hydrogen-bond acceptors (Lipinski definition) is 4. The lowest BCUT2D eigenvalue weighted by Crippen LogP contribution is -1.90. The van der Waals surface area contributed by atoms with Crippen LogP contribution in [0.1, 0.15) is 17.0 Å². The molecule has 0 bridgehead atoms. The van der Waals surface area contributed by atoms with Crippen LogP contribution in [0.4, 0.5) is 0 Å². The molecule has 0 spiro atoms. The van der Waals surface area contributed by atoms with Crippen LogP contribution in [0.25, 0.3) is 11.5 Å². The summed E-state index contributed by atoms with van der Waals surface area (Å²) in [4.78, 5) is 4.32. The molecule has 0 radical (unpaired) electrons. The smallest absolute Gasteiger partial charge is 0.261 e. The Morgan fingerprint density at radius 1 is 1.05 bits per heavy atom. The van der Waals surface area contributed by atoms with Crippen molar-refractivity contribution >= 4 is 0 Å². The third-order valence-corrected chi connectivity index (χ3v) is 3.09. The highest BCUT2D eigenvalue weighted by molar-refractivity contribution is 5.61. The second kappa shape index (κ2) is 5.17. The molecule has 3 aromatic rings. The summed E-state index contributed by atoms with van der Waals surface area (Å²) in [5.41, 5.74) is 2.90. The first-order valence-electron chi connectivity index (χ1n) is 6.39. The van der Waals surface area contributed by atoms with Crippen LogP contribution in [0.2, 0.25) is 0 Å². The van der Waals surface area contributed by atoms with Crippen LogP contribution in [-0.4, -0.2) is 15.2 Å². The molecule has 0 aliphatic carbocycles. The van der Waals surface area contributed by atoms with Gasteiger partial charge in [-0.05, 0) is 24.6 Å². The van der Waals surface area contributed by atoms with Gasteiger partial charge in [0, 0.05) is 6.42 Å². The molecule has 0 fully saturated rings. The third kappa shape index (κ3) is 2.54. The van der Waals surface area contributed by atoms with E-state index in [1.165, 1.54) is 5.56 Å². The van der Waals surface area contributed by atoms with E-state index in [1.54, 1.807) is 18.2 Å². The number of aryl methyl sites for hydroxylation is 1. The van der Waals surface area contributed by atoms with Gasteiger partial charge in [0.25, 0.3) is 5.89 Å². The van der Waals surface area contributed by atoms with Crippen molar-refractivity contribution in [3.63, 3.8) is 0 Å². The Bertz CT molecular complexity index is 717. The molecule has 20 heavy (non-hydrogen) atoms. The number of nitrogens with zero attached hydrogens (tertiary/aromatic N) is 2. The molecule has 0 aliphatic heterocycles. The van der Waals surface area contributed by atoms with Gasteiger partial charge in [-0.15, -0.1) is 0 Å². The lowest BCUT2D eigenvalue weighted by Gasteiger charge is -1.98. The van der Waals surface area contributed by atoms with Gasteiger partial charge in [0.15, 0.2) is 5.82 Å². The molecular formula is C16H14N2O2. The van der Waals surface area contributed by atoms with Gasteiger partial charge < -0.3 is 9.63 Å². The summed E-state index contributed by atoms with van der Waals surface area (Å²) in [7, 11) is 0. The van der Waals surface area contributed by atoms with E-state index in [2.05, 4.69) is 29.2 Å². The van der Waals surface area contributed by atoms with E-state index in [9.17, 15) is 5.11 Å². The molecule has 1 aromatic heterocycles. The van der Waals surface area contributed by atoms with Crippen LogP contribution in [0.15, 0.2) is 53.1 Å². The van der Waals surface area contributed by atoms with Crippen molar-refractivity contribution in [3.05, 3.63) is 65.5 Å². The van der Waals surface area contributed by atoms with Gasteiger partial charge in [-0.1, -0.05) is 47.1 Å². The highest BCUT2D eigenvalue weighted by atomic mass is 16.5. The van der Waals surface area contributed by atoms with Gasteiger partial charge in [-0.25, -0.2) is 0 Å². The normalized spacial score (nSPS) is 10.7. The predicted molar refractivity (Wildman–Crippen MR) is 75.4 cm³/mol. The van der Waals surface area contributed by atoms with Crippen LogP contribution in [0, 0.1) is 6.92 Å². The van der Waals surface area contributed by atoms with E-state index in [4.69, 9.17) is 4.52 Å². The molecule has 0 amide bonds. The average molecular weight is 266 g/mol. The molecule has 4 nitrogen and oxygen atoms in total. The number of aromatic hydroxyl groups is 1. The maximum atomic E-state index is 9.77. The number of phenols is 1. The van der Waals surface area contributed by atoms with Gasteiger partial charge in [-0.3, -0.25) is 0 Å². The molecule has 3 rings (SSSR count). The molecule has 2 aromatic carbocycles. The predicted octanol–water partition coefficient (Wildman–Crippen LogP) is 3.34. The molecule has 1 N–H and O–H groups in total. The van der Waals surface area contributed by atoms with Crippen LogP contribution < -0.4 is 0 Å². The lowest BCUT2D eigenvalue weighted by molar-refractivity contribution is 0.418. The summed E-state index contributed by atoms with van der Waals surface area (Å²) >= 11 is 0. The molecule has 4 heteroatoms. The average Bonchev–Trinajstić information content (AvgIpc) is 2.90. The summed E-state index contributed by atoms with van der Waals surface area (Å²) < 4.78 is 5.21. The fourth-order valence-corrected chi connectivity index (χ4v) is 1.98. The minimum Gasteiger partial charge on any atom is -0.507 e. The number of para-hydroxylation sites is 1. The number of phenolic OH excluding ortho intramolecular Hbond substituents is 1. The Morgan fingerprint density at radius 3 is 2.55 bits per heavy atom. The quantitative estimate of drug-likeness (QED) is 0.789. The molecule has 1 heterocycles. The Morgan fingerprint density at radius 2 is 1.80 bits per heavy atom. The molecule has 100 valence electrons. The largest absolute Gasteiger partial charge is 0.507 e. The maximum Gasteiger partial charge on any atom is 0.261 e. The first-order valence-corrected chi connectivity index (χ1v) is 6.39. The lowest BCUT2D eigenvalue weighted by atomic mass is 10.1. The van der Waals surface area contributed by atoms with E-state index in [0.29, 0.717) is 23.7 Å². The second-order valence-corrected chi connectivity index (χ2v) is 4.70. The summed E-state index contributed by atoms with van der Waals surface area (Å²) in [6.45, 7) is 2.05. The minimum atomic E-state index is 0.137. The van der Waals surface area contributed by atoms with E-state index >= 15 is 0 Å². The topological polar surface area (TPSA) is 59.2 Å². The Hall–Kier alpha value is -2.62. The number of hydrogen-bond donors (Lipinski definition) is 1. The van der Waals surface area contributed by atoms with Crippen LogP contribution >= 0.6 is 0 Å². The second-order valence-electron chi connectivity index (χ2n) is 4.70. The van der Waals surface area contributed by atoms with Gasteiger partial charge in [0.2, 0.25) is 0 Å². The molecular weight excluding hydrogens is 252 g/mol. The number of rotatable bonds is 3. The molecule has 0 atom stereocenters. The molecule has 0 saturated carbocycles. The van der Waals surface area contributed by atoms with Gasteiger partial charge in [-0.2, -0.15) is 4.98 Å². The van der Waals surface area contributed by atoms with Gasteiger partial charge in [0.05, 0.1) is 5.56 Å². The van der Waals surface area contributed by atoms with E-state index < -0.39 is 0 Å². The zero-order valence-electron chi connectivity index (χ0n) is 11.1. The highest BCUT2D eigenvalue weighted by Crippen LogP contribution is 2.27. The highest BCUT2D eigenvalue weighted by Gasteiger charge is 2.12. The Labute approximate surface area is 116 Å². The number of aromatic nitrogens is 2. The summed E-state index contributed by atoms with van der Waals surface area (Å²) in [6, 6.07) is 15.1. The first-order chi connectivity index (χ1) is 9.72. The van der Waals surface area contributed by atoms with Crippen molar-refractivity contribution in [2.75, 3.05) is 0 Å². The Balaban J connectivity index is 1.84. The monoisotopic (exact) mass is 266 g/mol. The van der Waals surface area contributed by atoms with Crippen LogP contribution in [0.5, 0.6) is 5.75 Å². The van der Waals surface area contributed by atoms with E-state index in [-0.39, 0.29) is 5.75 Å². The first kappa shape index (κ1) is 12.4. The minimum absolute atomic E-state index is 0.137. The van der Waals surface area contributed by atoms with E-state index in [0.717, 1.165) is 5.56 Å². The van der Waals surface area contributed by atoms with Crippen molar-refractivity contribution in [1.29, 1.82) is 0 Å². The SMILES string of the molecule is Cc1ccc(Cc2noc(-c3ccccc3O)n2)cc1. The van der Waals surface area contributed by atoms with Crippen molar-refractivity contribution in [3.8, 4) is 17.2 Å². The van der Waals surface area contributed by atoms with Crippen molar-refractivity contribution < 1.29 is 9.63 Å². The molecule has 0 aliphatic rings. The van der Waals surface area contributed by atoms with Crippen LogP contribution in [0.3, 0.4) is 0 Å². The van der Waals surface area contributed by atoms with Crippen LogP contribution in [-0.2, 0) is 6.42 Å². The van der Waals surface area contributed by atoms with Crippen molar-refractivity contribution in [1.82, 2.24) is 10.1 Å². The summed E-state index contributed by atoms with van der Waals surface area (Å²) in [5.74, 6) is 1.08. The Kier molecular flexibility index (Phi) is 3.21. The van der Waals surface area contributed by atoms with Gasteiger partial charge in [0.1, 0.15) is 5.75 Å².